The second-order valence-electron chi connectivity index (χ2n) is 3.99. The monoisotopic (exact) mass is 283 g/mol. The smallest absolute Gasteiger partial charge is 0.167 e. The van der Waals surface area contributed by atoms with E-state index in [2.05, 4.69) is 10.4 Å². The molecule has 0 radical (unpaired) electrons. The van der Waals surface area contributed by atoms with Crippen LogP contribution in [0.4, 0.5) is 4.39 Å². The number of hydrogen-bond donors (Lipinski definition) is 1. The van der Waals surface area contributed by atoms with Gasteiger partial charge in [-0.3, -0.25) is 0 Å². The molecule has 1 aromatic carbocycles. The first-order chi connectivity index (χ1) is 9.22. The summed E-state index contributed by atoms with van der Waals surface area (Å²) >= 11 is 5.75. The standard InChI is InChI=1S/C13H15ClFN3O/c1-19-8-6-16-9-10-5-7-18(17-10)12-4-2-3-11(14)13(12)15/h2-5,7,16H,6,8-9H2,1H3. The first kappa shape index (κ1) is 14.0. The van der Waals surface area contributed by atoms with Gasteiger partial charge in [-0.05, 0) is 18.2 Å². The lowest BCUT2D eigenvalue weighted by Crippen LogP contribution is -2.18. The highest BCUT2D eigenvalue weighted by atomic mass is 35.5. The van der Waals surface area contributed by atoms with Crippen LogP contribution in [0.2, 0.25) is 5.02 Å². The molecule has 6 heteroatoms. The van der Waals surface area contributed by atoms with Gasteiger partial charge in [0.05, 0.1) is 17.3 Å². The fraction of sp³-hybridized carbons (Fsp3) is 0.308. The van der Waals surface area contributed by atoms with Crippen molar-refractivity contribution in [3.8, 4) is 5.69 Å². The SMILES string of the molecule is COCCNCc1ccn(-c2cccc(Cl)c2F)n1. The van der Waals surface area contributed by atoms with Crippen molar-refractivity contribution in [1.29, 1.82) is 0 Å². The molecule has 0 atom stereocenters. The third-order valence-electron chi connectivity index (χ3n) is 2.61. The molecule has 0 spiro atoms. The Hall–Kier alpha value is -1.43. The Morgan fingerprint density at radius 2 is 2.26 bits per heavy atom. The van der Waals surface area contributed by atoms with Crippen molar-refractivity contribution in [2.75, 3.05) is 20.3 Å². The number of nitrogens with zero attached hydrogens (tertiary/aromatic N) is 2. The molecule has 0 bridgehead atoms. The van der Waals surface area contributed by atoms with E-state index in [1.165, 1.54) is 10.7 Å². The highest BCUT2D eigenvalue weighted by Gasteiger charge is 2.09. The van der Waals surface area contributed by atoms with Crippen LogP contribution in [-0.4, -0.2) is 30.0 Å². The number of methoxy groups -OCH3 is 1. The van der Waals surface area contributed by atoms with E-state index >= 15 is 0 Å². The molecule has 0 aliphatic rings. The Kier molecular flexibility index (Phi) is 4.90. The van der Waals surface area contributed by atoms with Crippen LogP contribution in [0.1, 0.15) is 5.69 Å². The molecule has 0 aliphatic heterocycles. The van der Waals surface area contributed by atoms with Gasteiger partial charge in [-0.15, -0.1) is 0 Å². The van der Waals surface area contributed by atoms with E-state index in [9.17, 15) is 4.39 Å². The van der Waals surface area contributed by atoms with Crippen molar-refractivity contribution >= 4 is 11.6 Å². The average Bonchev–Trinajstić information content (AvgIpc) is 2.87. The molecule has 0 saturated carbocycles. The largest absolute Gasteiger partial charge is 0.383 e. The zero-order valence-electron chi connectivity index (χ0n) is 10.6. The van der Waals surface area contributed by atoms with E-state index < -0.39 is 5.82 Å². The van der Waals surface area contributed by atoms with Crippen LogP contribution in [-0.2, 0) is 11.3 Å². The molecule has 0 saturated heterocycles. The summed E-state index contributed by atoms with van der Waals surface area (Å²) in [5.74, 6) is -0.467. The van der Waals surface area contributed by atoms with Crippen molar-refractivity contribution in [1.82, 2.24) is 15.1 Å². The van der Waals surface area contributed by atoms with E-state index in [0.29, 0.717) is 18.8 Å². The van der Waals surface area contributed by atoms with Crippen molar-refractivity contribution in [2.24, 2.45) is 0 Å². The Morgan fingerprint density at radius 3 is 3.05 bits per heavy atom. The summed E-state index contributed by atoms with van der Waals surface area (Å²) in [7, 11) is 1.65. The van der Waals surface area contributed by atoms with Gasteiger partial charge in [-0.25, -0.2) is 9.07 Å². The zero-order valence-corrected chi connectivity index (χ0v) is 11.3. The van der Waals surface area contributed by atoms with E-state index in [1.807, 2.05) is 6.07 Å². The quantitative estimate of drug-likeness (QED) is 0.828. The van der Waals surface area contributed by atoms with E-state index in [4.69, 9.17) is 16.3 Å². The first-order valence-corrected chi connectivity index (χ1v) is 6.28. The van der Waals surface area contributed by atoms with E-state index in [-0.39, 0.29) is 5.02 Å². The second kappa shape index (κ2) is 6.65. The van der Waals surface area contributed by atoms with Gasteiger partial charge in [0.15, 0.2) is 5.82 Å². The highest BCUT2D eigenvalue weighted by molar-refractivity contribution is 6.30. The molecule has 0 fully saturated rings. The molecular formula is C13H15ClFN3O. The van der Waals surface area contributed by atoms with Crippen LogP contribution >= 0.6 is 11.6 Å². The first-order valence-electron chi connectivity index (χ1n) is 5.91. The Bertz CT molecular complexity index is 544. The lowest BCUT2D eigenvalue weighted by Gasteiger charge is -2.04. The minimum absolute atomic E-state index is 0.0905. The molecule has 0 amide bonds. The van der Waals surface area contributed by atoms with Crippen LogP contribution in [0.5, 0.6) is 0 Å². The Morgan fingerprint density at radius 1 is 1.42 bits per heavy atom. The summed E-state index contributed by atoms with van der Waals surface area (Å²) < 4.78 is 20.2. The predicted molar refractivity (Wildman–Crippen MR) is 72.1 cm³/mol. The summed E-state index contributed by atoms with van der Waals surface area (Å²) in [6, 6.07) is 6.67. The molecule has 2 aromatic rings. The van der Waals surface area contributed by atoms with Crippen molar-refractivity contribution in [3.05, 3.63) is 47.0 Å². The number of ether oxygens (including phenoxy) is 1. The van der Waals surface area contributed by atoms with Crippen molar-refractivity contribution in [3.63, 3.8) is 0 Å². The molecule has 1 heterocycles. The average molecular weight is 284 g/mol. The van der Waals surface area contributed by atoms with Crippen LogP contribution < -0.4 is 5.32 Å². The lowest BCUT2D eigenvalue weighted by atomic mass is 10.3. The molecule has 19 heavy (non-hydrogen) atoms. The molecule has 1 N–H and O–H groups in total. The summed E-state index contributed by atoms with van der Waals surface area (Å²) in [4.78, 5) is 0. The Balaban J connectivity index is 2.06. The molecule has 0 aliphatic carbocycles. The molecular weight excluding hydrogens is 269 g/mol. The third-order valence-corrected chi connectivity index (χ3v) is 2.90. The zero-order chi connectivity index (χ0) is 13.7. The predicted octanol–water partition coefficient (Wildman–Crippen LogP) is 2.40. The second-order valence-corrected chi connectivity index (χ2v) is 4.40. The van der Waals surface area contributed by atoms with Crippen LogP contribution in [0.25, 0.3) is 5.69 Å². The molecule has 0 unspecified atom stereocenters. The molecule has 4 nitrogen and oxygen atoms in total. The maximum Gasteiger partial charge on any atom is 0.167 e. The molecule has 1 aromatic heterocycles. The topological polar surface area (TPSA) is 39.1 Å². The fourth-order valence-electron chi connectivity index (χ4n) is 1.65. The normalized spacial score (nSPS) is 10.9. The van der Waals surface area contributed by atoms with Crippen LogP contribution in [0, 0.1) is 5.82 Å². The van der Waals surface area contributed by atoms with E-state index in [1.54, 1.807) is 25.4 Å². The summed E-state index contributed by atoms with van der Waals surface area (Å²) in [6.45, 7) is 2.00. The van der Waals surface area contributed by atoms with Gasteiger partial charge in [-0.1, -0.05) is 17.7 Å². The van der Waals surface area contributed by atoms with Gasteiger partial charge >= 0.3 is 0 Å². The van der Waals surface area contributed by atoms with Crippen LogP contribution in [0.15, 0.2) is 30.5 Å². The molecule has 2 rings (SSSR count). The van der Waals surface area contributed by atoms with Gasteiger partial charge in [0.2, 0.25) is 0 Å². The third kappa shape index (κ3) is 3.53. The van der Waals surface area contributed by atoms with Crippen LogP contribution in [0.3, 0.4) is 0 Å². The van der Waals surface area contributed by atoms with Gasteiger partial charge in [-0.2, -0.15) is 5.10 Å². The maximum atomic E-state index is 13.8. The summed E-state index contributed by atoms with van der Waals surface area (Å²) in [6.07, 6.45) is 1.71. The Labute approximate surface area is 116 Å². The number of nitrogens with one attached hydrogen (secondary N) is 1. The van der Waals surface area contributed by atoms with E-state index in [0.717, 1.165) is 12.2 Å². The minimum Gasteiger partial charge on any atom is -0.383 e. The minimum atomic E-state index is -0.467. The highest BCUT2D eigenvalue weighted by Crippen LogP contribution is 2.20. The van der Waals surface area contributed by atoms with Crippen molar-refractivity contribution in [2.45, 2.75) is 6.54 Å². The fourth-order valence-corrected chi connectivity index (χ4v) is 1.82. The summed E-state index contributed by atoms with van der Waals surface area (Å²) in [5.41, 5.74) is 1.17. The maximum absolute atomic E-state index is 13.8. The number of aromatic nitrogens is 2. The number of halogens is 2. The number of benzene rings is 1. The number of hydrogen-bond acceptors (Lipinski definition) is 3. The van der Waals surface area contributed by atoms with Gasteiger partial charge in [0.25, 0.3) is 0 Å². The summed E-state index contributed by atoms with van der Waals surface area (Å²) in [5, 5.41) is 7.56. The lowest BCUT2D eigenvalue weighted by molar-refractivity contribution is 0.199. The van der Waals surface area contributed by atoms with Gasteiger partial charge in [0, 0.05) is 26.4 Å². The van der Waals surface area contributed by atoms with Gasteiger partial charge < -0.3 is 10.1 Å². The number of rotatable bonds is 6. The van der Waals surface area contributed by atoms with Crippen molar-refractivity contribution < 1.29 is 9.13 Å². The molecule has 102 valence electrons. The van der Waals surface area contributed by atoms with Gasteiger partial charge in [0.1, 0.15) is 5.69 Å².